The van der Waals surface area contributed by atoms with Crippen LogP contribution in [0.1, 0.15) is 28.5 Å². The van der Waals surface area contributed by atoms with E-state index in [2.05, 4.69) is 20.2 Å². The number of anilines is 2. The quantitative estimate of drug-likeness (QED) is 0.438. The smallest absolute Gasteiger partial charge is 0.286 e. The Balaban J connectivity index is 1.48. The molecular formula is C25H24F2N6O2. The van der Waals surface area contributed by atoms with Gasteiger partial charge in [-0.15, -0.1) is 0 Å². The van der Waals surface area contributed by atoms with Crippen LogP contribution in [0.3, 0.4) is 0 Å². The Morgan fingerprint density at radius 2 is 1.94 bits per heavy atom. The number of hydrogen-bond donors (Lipinski definition) is 2. The lowest BCUT2D eigenvalue weighted by Gasteiger charge is -2.28. The van der Waals surface area contributed by atoms with Crippen molar-refractivity contribution in [2.75, 3.05) is 36.5 Å². The zero-order valence-electron chi connectivity index (χ0n) is 19.3. The summed E-state index contributed by atoms with van der Waals surface area (Å²) in [5.74, 6) is -2.32. The zero-order chi connectivity index (χ0) is 24.6. The van der Waals surface area contributed by atoms with Gasteiger partial charge in [0.05, 0.1) is 18.7 Å². The maximum absolute atomic E-state index is 13.6. The Labute approximate surface area is 200 Å². The number of benzene rings is 1. The summed E-state index contributed by atoms with van der Waals surface area (Å²) >= 11 is 0. The number of rotatable bonds is 5. The molecule has 8 nitrogen and oxygen atoms in total. The SMILES string of the molecule is Cc1ccc(NC(=O)c2ccnc(C(C)(F)F)c2)cc1-c1nc(N2CCOCC2)c2[nH]ccc2n1. The van der Waals surface area contributed by atoms with Crippen LogP contribution in [0.25, 0.3) is 22.4 Å². The number of amides is 1. The Bertz CT molecular complexity index is 1390. The topological polar surface area (TPSA) is 96.0 Å². The second-order valence-electron chi connectivity index (χ2n) is 8.51. The van der Waals surface area contributed by atoms with E-state index in [9.17, 15) is 13.6 Å². The molecule has 3 aromatic heterocycles. The monoisotopic (exact) mass is 478 g/mol. The Morgan fingerprint density at radius 3 is 2.71 bits per heavy atom. The lowest BCUT2D eigenvalue weighted by atomic mass is 10.1. The highest BCUT2D eigenvalue weighted by molar-refractivity contribution is 6.04. The Kier molecular flexibility index (Phi) is 5.89. The molecular weight excluding hydrogens is 454 g/mol. The third-order valence-corrected chi connectivity index (χ3v) is 5.91. The number of fused-ring (bicyclic) bond motifs is 1. The molecule has 2 N–H and O–H groups in total. The number of H-pyrrole nitrogens is 1. The first-order valence-corrected chi connectivity index (χ1v) is 11.2. The fourth-order valence-electron chi connectivity index (χ4n) is 4.01. The number of aryl methyl sites for hydroxylation is 1. The van der Waals surface area contributed by atoms with Gasteiger partial charge >= 0.3 is 0 Å². The molecule has 1 amide bonds. The van der Waals surface area contributed by atoms with Gasteiger partial charge in [-0.1, -0.05) is 6.07 Å². The van der Waals surface area contributed by atoms with E-state index in [1.54, 1.807) is 12.1 Å². The molecule has 1 fully saturated rings. The van der Waals surface area contributed by atoms with Crippen LogP contribution in [0.4, 0.5) is 20.3 Å². The number of aromatic nitrogens is 4. The molecule has 0 bridgehead atoms. The first-order chi connectivity index (χ1) is 16.8. The van der Waals surface area contributed by atoms with E-state index in [4.69, 9.17) is 14.7 Å². The van der Waals surface area contributed by atoms with Crippen LogP contribution < -0.4 is 10.2 Å². The molecule has 4 heterocycles. The third-order valence-electron chi connectivity index (χ3n) is 5.91. The molecule has 0 atom stereocenters. The van der Waals surface area contributed by atoms with Gasteiger partial charge in [-0.2, -0.15) is 8.78 Å². The maximum Gasteiger partial charge on any atom is 0.286 e. The second kappa shape index (κ2) is 9.03. The van der Waals surface area contributed by atoms with Crippen LogP contribution >= 0.6 is 0 Å². The van der Waals surface area contributed by atoms with Gasteiger partial charge in [0.15, 0.2) is 11.6 Å². The van der Waals surface area contributed by atoms with Crippen LogP contribution in [0.15, 0.2) is 48.8 Å². The molecule has 1 aliphatic rings. The molecule has 35 heavy (non-hydrogen) atoms. The standard InChI is InChI=1S/C25H24F2N6O2/c1-15-3-4-17(30-24(34)16-5-7-28-20(13-16)25(2,26)27)14-18(15)22-31-19-6-8-29-21(19)23(32-22)33-9-11-35-12-10-33/h3-8,13-14,29H,9-12H2,1-2H3,(H,30,34). The van der Waals surface area contributed by atoms with Gasteiger partial charge in [-0.3, -0.25) is 9.78 Å². The largest absolute Gasteiger partial charge is 0.378 e. The van der Waals surface area contributed by atoms with Crippen molar-refractivity contribution in [2.24, 2.45) is 0 Å². The summed E-state index contributed by atoms with van der Waals surface area (Å²) in [6.45, 7) is 5.40. The number of carbonyl (C=O) groups is 1. The summed E-state index contributed by atoms with van der Waals surface area (Å²) in [5.41, 5.74) is 3.48. The highest BCUT2D eigenvalue weighted by Gasteiger charge is 2.27. The van der Waals surface area contributed by atoms with E-state index in [-0.39, 0.29) is 5.56 Å². The lowest BCUT2D eigenvalue weighted by Crippen LogP contribution is -2.37. The highest BCUT2D eigenvalue weighted by atomic mass is 19.3. The third kappa shape index (κ3) is 4.69. The number of ether oxygens (including phenoxy) is 1. The molecule has 1 aliphatic heterocycles. The molecule has 0 radical (unpaired) electrons. The highest BCUT2D eigenvalue weighted by Crippen LogP contribution is 2.31. The summed E-state index contributed by atoms with van der Waals surface area (Å²) in [6.07, 6.45) is 3.04. The van der Waals surface area contributed by atoms with Crippen molar-refractivity contribution in [3.63, 3.8) is 0 Å². The molecule has 0 aliphatic carbocycles. The van der Waals surface area contributed by atoms with Gasteiger partial charge in [0.1, 0.15) is 11.2 Å². The maximum atomic E-state index is 13.6. The van der Waals surface area contributed by atoms with E-state index in [1.807, 2.05) is 25.3 Å². The number of nitrogens with zero attached hydrogens (tertiary/aromatic N) is 4. The number of pyridine rings is 1. The van der Waals surface area contributed by atoms with Gasteiger partial charge in [-0.05, 0) is 42.8 Å². The minimum absolute atomic E-state index is 0.0956. The number of hydrogen-bond acceptors (Lipinski definition) is 6. The second-order valence-corrected chi connectivity index (χ2v) is 8.51. The first kappa shape index (κ1) is 22.9. The predicted molar refractivity (Wildman–Crippen MR) is 129 cm³/mol. The number of morpholine rings is 1. The van der Waals surface area contributed by atoms with Crippen molar-refractivity contribution in [1.82, 2.24) is 19.9 Å². The molecule has 0 spiro atoms. The number of carbonyl (C=O) groups excluding carboxylic acids is 1. The molecule has 0 unspecified atom stereocenters. The molecule has 5 rings (SSSR count). The number of aromatic amines is 1. The number of alkyl halides is 2. The fraction of sp³-hybridized carbons (Fsp3) is 0.280. The summed E-state index contributed by atoms with van der Waals surface area (Å²) in [4.78, 5) is 31.5. The summed E-state index contributed by atoms with van der Waals surface area (Å²) in [7, 11) is 0. The first-order valence-electron chi connectivity index (χ1n) is 11.2. The van der Waals surface area contributed by atoms with Gasteiger partial charge in [-0.25, -0.2) is 9.97 Å². The van der Waals surface area contributed by atoms with Crippen LogP contribution in [0, 0.1) is 6.92 Å². The molecule has 10 heteroatoms. The average molecular weight is 479 g/mol. The van der Waals surface area contributed by atoms with Crippen molar-refractivity contribution in [2.45, 2.75) is 19.8 Å². The van der Waals surface area contributed by atoms with Crippen molar-refractivity contribution in [1.29, 1.82) is 0 Å². The van der Waals surface area contributed by atoms with E-state index >= 15 is 0 Å². The molecule has 4 aromatic rings. The molecule has 1 aromatic carbocycles. The van der Waals surface area contributed by atoms with E-state index in [1.165, 1.54) is 12.3 Å². The fourth-order valence-corrected chi connectivity index (χ4v) is 4.01. The molecule has 1 saturated heterocycles. The van der Waals surface area contributed by atoms with Crippen molar-refractivity contribution in [3.8, 4) is 11.4 Å². The van der Waals surface area contributed by atoms with E-state index < -0.39 is 17.5 Å². The van der Waals surface area contributed by atoms with Crippen LogP contribution in [0.2, 0.25) is 0 Å². The van der Waals surface area contributed by atoms with Gasteiger partial charge in [0.25, 0.3) is 11.8 Å². The lowest BCUT2D eigenvalue weighted by molar-refractivity contribution is 0.0127. The Morgan fingerprint density at radius 1 is 1.14 bits per heavy atom. The van der Waals surface area contributed by atoms with E-state index in [0.717, 1.165) is 54.1 Å². The van der Waals surface area contributed by atoms with Crippen molar-refractivity contribution < 1.29 is 18.3 Å². The predicted octanol–water partition coefficient (Wildman–Crippen LogP) is 4.53. The van der Waals surface area contributed by atoms with Gasteiger partial charge in [0, 0.05) is 49.2 Å². The Hall–Kier alpha value is -3.92. The van der Waals surface area contributed by atoms with Gasteiger partial charge < -0.3 is 19.9 Å². The minimum Gasteiger partial charge on any atom is -0.378 e. The van der Waals surface area contributed by atoms with Crippen LogP contribution in [-0.2, 0) is 10.7 Å². The van der Waals surface area contributed by atoms with Crippen LogP contribution in [0.5, 0.6) is 0 Å². The van der Waals surface area contributed by atoms with E-state index in [0.29, 0.717) is 24.7 Å². The summed E-state index contributed by atoms with van der Waals surface area (Å²) in [5, 5.41) is 2.78. The van der Waals surface area contributed by atoms with Crippen molar-refractivity contribution >= 4 is 28.4 Å². The zero-order valence-corrected chi connectivity index (χ0v) is 19.3. The number of nitrogens with one attached hydrogen (secondary N) is 2. The summed E-state index contributed by atoms with van der Waals surface area (Å²) < 4.78 is 32.8. The van der Waals surface area contributed by atoms with Gasteiger partial charge in [0.2, 0.25) is 0 Å². The molecule has 180 valence electrons. The number of halogens is 2. The minimum atomic E-state index is -3.14. The summed E-state index contributed by atoms with van der Waals surface area (Å²) in [6, 6.07) is 9.81. The van der Waals surface area contributed by atoms with Crippen molar-refractivity contribution in [3.05, 3.63) is 65.6 Å². The average Bonchev–Trinajstić information content (AvgIpc) is 3.33. The molecule has 0 saturated carbocycles. The van der Waals surface area contributed by atoms with Crippen LogP contribution in [-0.4, -0.2) is 52.1 Å². The normalized spacial score (nSPS) is 14.3.